The summed E-state index contributed by atoms with van der Waals surface area (Å²) in [5.74, 6) is -0.881. The van der Waals surface area contributed by atoms with Crippen LogP contribution < -0.4 is 0 Å². The number of carboxylic acids is 1. The van der Waals surface area contributed by atoms with Crippen LogP contribution in [0.5, 0.6) is 0 Å². The van der Waals surface area contributed by atoms with Crippen LogP contribution >= 0.6 is 0 Å². The van der Waals surface area contributed by atoms with Gasteiger partial charge in [0, 0.05) is 13.0 Å². The molecule has 0 amide bonds. The summed E-state index contributed by atoms with van der Waals surface area (Å²) in [5.41, 5.74) is 0.306. The van der Waals surface area contributed by atoms with E-state index in [2.05, 4.69) is 5.10 Å². The van der Waals surface area contributed by atoms with Crippen LogP contribution in [0.3, 0.4) is 0 Å². The molecule has 0 atom stereocenters. The van der Waals surface area contributed by atoms with Crippen molar-refractivity contribution in [3.63, 3.8) is 0 Å². The van der Waals surface area contributed by atoms with Crippen molar-refractivity contribution in [2.45, 2.75) is 26.3 Å². The lowest BCUT2D eigenvalue weighted by molar-refractivity contribution is -0.385. The molecular formula is C8H11N3O4. The number of nitrogens with zero attached hydrogens (tertiary/aromatic N) is 3. The molecule has 0 aromatic carbocycles. The van der Waals surface area contributed by atoms with Crippen molar-refractivity contribution in [1.29, 1.82) is 0 Å². The zero-order valence-electron chi connectivity index (χ0n) is 8.21. The minimum Gasteiger partial charge on any atom is -0.481 e. The average molecular weight is 213 g/mol. The summed E-state index contributed by atoms with van der Waals surface area (Å²) in [4.78, 5) is 20.2. The number of aromatic nitrogens is 2. The number of carboxylic acid groups (broad SMARTS) is 1. The Morgan fingerprint density at radius 3 is 2.87 bits per heavy atom. The molecule has 7 nitrogen and oxygen atoms in total. The second-order valence-corrected chi connectivity index (χ2v) is 3.12. The molecule has 1 aromatic rings. The average Bonchev–Trinajstić information content (AvgIpc) is 2.46. The Bertz CT molecular complexity index is 385. The molecule has 0 aliphatic carbocycles. The highest BCUT2D eigenvalue weighted by Crippen LogP contribution is 2.15. The Morgan fingerprint density at radius 1 is 1.73 bits per heavy atom. The molecule has 0 aliphatic rings. The fourth-order valence-corrected chi connectivity index (χ4v) is 1.19. The molecular weight excluding hydrogens is 202 g/mol. The Balaban J connectivity index is 2.59. The molecule has 0 aliphatic heterocycles. The Hall–Kier alpha value is -1.92. The minimum absolute atomic E-state index is 0.0344. The predicted molar refractivity (Wildman–Crippen MR) is 50.5 cm³/mol. The van der Waals surface area contributed by atoms with Gasteiger partial charge in [-0.3, -0.25) is 19.6 Å². The van der Waals surface area contributed by atoms with E-state index in [1.54, 1.807) is 6.92 Å². The number of nitro groups is 1. The molecule has 0 unspecified atom stereocenters. The van der Waals surface area contributed by atoms with Gasteiger partial charge in [0.25, 0.3) is 0 Å². The molecule has 0 saturated carbocycles. The highest BCUT2D eigenvalue weighted by atomic mass is 16.6. The normalized spacial score (nSPS) is 10.2. The summed E-state index contributed by atoms with van der Waals surface area (Å²) >= 11 is 0. The third-order valence-electron chi connectivity index (χ3n) is 1.89. The summed E-state index contributed by atoms with van der Waals surface area (Å²) < 4.78 is 1.40. The fraction of sp³-hybridized carbons (Fsp3) is 0.500. The maximum absolute atomic E-state index is 10.5. The predicted octanol–water partition coefficient (Wildman–Crippen LogP) is 0.965. The third-order valence-corrected chi connectivity index (χ3v) is 1.89. The molecule has 0 radical (unpaired) electrons. The van der Waals surface area contributed by atoms with Gasteiger partial charge in [0.1, 0.15) is 11.9 Å². The number of hydrogen-bond acceptors (Lipinski definition) is 4. The SMILES string of the molecule is Cc1nn(CCCC(=O)O)cc1[N+](=O)[O-]. The Kier molecular flexibility index (Phi) is 3.37. The number of aliphatic carboxylic acids is 1. The molecule has 1 heterocycles. The van der Waals surface area contributed by atoms with Gasteiger partial charge in [0.2, 0.25) is 0 Å². The standard InChI is InChI=1S/C8H11N3O4/c1-6-7(11(14)15)5-10(9-6)4-2-3-8(12)13/h5H,2-4H2,1H3,(H,12,13). The van der Waals surface area contributed by atoms with Gasteiger partial charge in [-0.1, -0.05) is 0 Å². The Morgan fingerprint density at radius 2 is 2.40 bits per heavy atom. The number of rotatable bonds is 5. The number of carbonyl (C=O) groups is 1. The van der Waals surface area contributed by atoms with E-state index in [1.807, 2.05) is 0 Å². The molecule has 15 heavy (non-hydrogen) atoms. The maximum atomic E-state index is 10.5. The van der Waals surface area contributed by atoms with Crippen LogP contribution in [0.4, 0.5) is 5.69 Å². The van der Waals surface area contributed by atoms with E-state index in [-0.39, 0.29) is 12.1 Å². The molecule has 1 N–H and O–H groups in total. The summed E-state index contributed by atoms with van der Waals surface area (Å²) in [6.07, 6.45) is 1.76. The van der Waals surface area contributed by atoms with Crippen LogP contribution in [0.15, 0.2) is 6.20 Å². The lowest BCUT2D eigenvalue weighted by Crippen LogP contribution is -2.02. The molecule has 0 fully saturated rings. The molecule has 0 spiro atoms. The van der Waals surface area contributed by atoms with Crippen molar-refractivity contribution in [3.05, 3.63) is 22.0 Å². The van der Waals surface area contributed by atoms with Gasteiger partial charge in [0.15, 0.2) is 0 Å². The lowest BCUT2D eigenvalue weighted by atomic mass is 10.3. The quantitative estimate of drug-likeness (QED) is 0.580. The van der Waals surface area contributed by atoms with Crippen LogP contribution in [0.2, 0.25) is 0 Å². The van der Waals surface area contributed by atoms with Crippen molar-refractivity contribution in [3.8, 4) is 0 Å². The summed E-state index contributed by atoms with van der Waals surface area (Å²) in [7, 11) is 0. The molecule has 0 bridgehead atoms. The van der Waals surface area contributed by atoms with Crippen molar-refractivity contribution in [1.82, 2.24) is 9.78 Å². The zero-order valence-corrected chi connectivity index (χ0v) is 8.21. The van der Waals surface area contributed by atoms with E-state index in [4.69, 9.17) is 5.11 Å². The van der Waals surface area contributed by atoms with Gasteiger partial charge in [-0.2, -0.15) is 5.10 Å². The van der Waals surface area contributed by atoms with Crippen LogP contribution in [-0.4, -0.2) is 25.8 Å². The van der Waals surface area contributed by atoms with Crippen molar-refractivity contribution in [2.75, 3.05) is 0 Å². The van der Waals surface area contributed by atoms with E-state index in [0.717, 1.165) is 0 Å². The summed E-state index contributed by atoms with van der Waals surface area (Å²) in [6, 6.07) is 0. The first kappa shape index (κ1) is 11.2. The summed E-state index contributed by atoms with van der Waals surface area (Å²) in [6.45, 7) is 1.92. The zero-order chi connectivity index (χ0) is 11.4. The van der Waals surface area contributed by atoms with E-state index in [9.17, 15) is 14.9 Å². The summed E-state index contributed by atoms with van der Waals surface area (Å²) in [5, 5.41) is 22.8. The van der Waals surface area contributed by atoms with E-state index < -0.39 is 10.9 Å². The molecule has 1 rings (SSSR count). The van der Waals surface area contributed by atoms with Gasteiger partial charge in [-0.05, 0) is 13.3 Å². The van der Waals surface area contributed by atoms with Gasteiger partial charge in [-0.15, -0.1) is 0 Å². The maximum Gasteiger partial charge on any atom is 0.309 e. The molecule has 82 valence electrons. The third kappa shape index (κ3) is 3.04. The van der Waals surface area contributed by atoms with Gasteiger partial charge in [-0.25, -0.2) is 0 Å². The van der Waals surface area contributed by atoms with Crippen LogP contribution in [0.1, 0.15) is 18.5 Å². The highest BCUT2D eigenvalue weighted by Gasteiger charge is 2.14. The first-order chi connectivity index (χ1) is 7.00. The van der Waals surface area contributed by atoms with Crippen LogP contribution in [0.25, 0.3) is 0 Å². The van der Waals surface area contributed by atoms with Crippen molar-refractivity contribution >= 4 is 11.7 Å². The first-order valence-corrected chi connectivity index (χ1v) is 4.41. The van der Waals surface area contributed by atoms with Crippen LogP contribution in [0, 0.1) is 17.0 Å². The Labute approximate surface area is 85.5 Å². The van der Waals surface area contributed by atoms with Gasteiger partial charge < -0.3 is 5.11 Å². The van der Waals surface area contributed by atoms with E-state index in [1.165, 1.54) is 10.9 Å². The topological polar surface area (TPSA) is 98.3 Å². The lowest BCUT2D eigenvalue weighted by Gasteiger charge is -1.96. The molecule has 1 aromatic heterocycles. The van der Waals surface area contributed by atoms with Crippen LogP contribution in [-0.2, 0) is 11.3 Å². The van der Waals surface area contributed by atoms with Gasteiger partial charge in [0.05, 0.1) is 4.92 Å². The number of hydrogen-bond donors (Lipinski definition) is 1. The second-order valence-electron chi connectivity index (χ2n) is 3.12. The smallest absolute Gasteiger partial charge is 0.309 e. The minimum atomic E-state index is -0.881. The highest BCUT2D eigenvalue weighted by molar-refractivity contribution is 5.66. The largest absolute Gasteiger partial charge is 0.481 e. The fourth-order valence-electron chi connectivity index (χ4n) is 1.19. The molecule has 0 saturated heterocycles. The molecule has 7 heteroatoms. The van der Waals surface area contributed by atoms with Gasteiger partial charge >= 0.3 is 11.7 Å². The second kappa shape index (κ2) is 4.54. The van der Waals surface area contributed by atoms with Crippen molar-refractivity contribution in [2.24, 2.45) is 0 Å². The monoisotopic (exact) mass is 213 g/mol. The number of aryl methyl sites for hydroxylation is 2. The van der Waals surface area contributed by atoms with E-state index >= 15 is 0 Å². The van der Waals surface area contributed by atoms with Crippen molar-refractivity contribution < 1.29 is 14.8 Å². The van der Waals surface area contributed by atoms with E-state index in [0.29, 0.717) is 18.7 Å². The first-order valence-electron chi connectivity index (χ1n) is 4.41.